The van der Waals surface area contributed by atoms with Crippen LogP contribution in [-0.2, 0) is 4.79 Å². The smallest absolute Gasteiger partial charge is 0.328 e. The number of hydrogen-bond donors (Lipinski definition) is 2. The number of carbonyl (C=O) groups is 1. The van der Waals surface area contributed by atoms with Crippen LogP contribution in [0.25, 0.3) is 0 Å². The predicted octanol–water partition coefficient (Wildman–Crippen LogP) is 1.16. The summed E-state index contributed by atoms with van der Waals surface area (Å²) in [5.74, 6) is -0.866. The van der Waals surface area contributed by atoms with Crippen molar-refractivity contribution < 1.29 is 9.90 Å². The van der Waals surface area contributed by atoms with Gasteiger partial charge in [-0.3, -0.25) is 0 Å². The highest BCUT2D eigenvalue weighted by Gasteiger charge is 2.36. The SMILES string of the molecule is CC(=CC(=O)O)CNC1(C)CC1. The third-order valence-electron chi connectivity index (χ3n) is 2.16. The first-order valence-electron chi connectivity index (χ1n) is 4.17. The summed E-state index contributed by atoms with van der Waals surface area (Å²) < 4.78 is 0. The van der Waals surface area contributed by atoms with Crippen LogP contribution in [0, 0.1) is 0 Å². The van der Waals surface area contributed by atoms with E-state index in [0.717, 1.165) is 5.57 Å². The molecule has 0 spiro atoms. The largest absolute Gasteiger partial charge is 0.478 e. The molecule has 0 saturated heterocycles. The van der Waals surface area contributed by atoms with Gasteiger partial charge in [-0.1, -0.05) is 5.57 Å². The van der Waals surface area contributed by atoms with Gasteiger partial charge in [-0.15, -0.1) is 0 Å². The minimum absolute atomic E-state index is 0.285. The average molecular weight is 169 g/mol. The van der Waals surface area contributed by atoms with E-state index in [1.807, 2.05) is 6.92 Å². The molecule has 3 nitrogen and oxygen atoms in total. The molecule has 68 valence electrons. The molecule has 0 aromatic heterocycles. The molecule has 0 unspecified atom stereocenters. The molecule has 0 aliphatic heterocycles. The average Bonchev–Trinajstić information content (AvgIpc) is 2.64. The summed E-state index contributed by atoms with van der Waals surface area (Å²) in [7, 11) is 0. The van der Waals surface area contributed by atoms with E-state index in [1.165, 1.54) is 18.9 Å². The van der Waals surface area contributed by atoms with Crippen LogP contribution >= 0.6 is 0 Å². The number of aliphatic carboxylic acids is 1. The number of carboxylic acid groups (broad SMARTS) is 1. The third kappa shape index (κ3) is 3.05. The number of carboxylic acids is 1. The maximum absolute atomic E-state index is 10.2. The maximum Gasteiger partial charge on any atom is 0.328 e. The molecule has 1 aliphatic rings. The molecule has 0 amide bonds. The first kappa shape index (κ1) is 9.26. The van der Waals surface area contributed by atoms with Crippen molar-refractivity contribution in [3.63, 3.8) is 0 Å². The molecule has 1 rings (SSSR count). The van der Waals surface area contributed by atoms with Gasteiger partial charge in [0.2, 0.25) is 0 Å². The number of hydrogen-bond acceptors (Lipinski definition) is 2. The van der Waals surface area contributed by atoms with Gasteiger partial charge in [-0.25, -0.2) is 4.79 Å². The van der Waals surface area contributed by atoms with E-state index in [2.05, 4.69) is 12.2 Å². The monoisotopic (exact) mass is 169 g/mol. The third-order valence-corrected chi connectivity index (χ3v) is 2.16. The molecule has 1 saturated carbocycles. The first-order chi connectivity index (χ1) is 5.52. The summed E-state index contributed by atoms with van der Waals surface area (Å²) in [5.41, 5.74) is 1.16. The highest BCUT2D eigenvalue weighted by atomic mass is 16.4. The Kier molecular flexibility index (Phi) is 2.52. The van der Waals surface area contributed by atoms with Gasteiger partial charge < -0.3 is 10.4 Å². The Morgan fingerprint density at radius 2 is 2.25 bits per heavy atom. The molecule has 0 bridgehead atoms. The highest BCUT2D eigenvalue weighted by molar-refractivity contribution is 5.80. The summed E-state index contributed by atoms with van der Waals surface area (Å²) in [4.78, 5) is 10.2. The lowest BCUT2D eigenvalue weighted by atomic mass is 10.2. The maximum atomic E-state index is 10.2. The zero-order valence-corrected chi connectivity index (χ0v) is 7.55. The molecule has 1 fully saturated rings. The lowest BCUT2D eigenvalue weighted by Gasteiger charge is -2.10. The van der Waals surface area contributed by atoms with Gasteiger partial charge in [0.15, 0.2) is 0 Å². The Labute approximate surface area is 72.5 Å². The summed E-state index contributed by atoms with van der Waals surface area (Å²) in [6.45, 7) is 4.66. The molecule has 0 heterocycles. The van der Waals surface area contributed by atoms with Gasteiger partial charge in [0.25, 0.3) is 0 Å². The van der Waals surface area contributed by atoms with Crippen LogP contribution in [0.3, 0.4) is 0 Å². The molecule has 3 heteroatoms. The molecule has 0 aromatic carbocycles. The topological polar surface area (TPSA) is 49.3 Å². The normalized spacial score (nSPS) is 20.7. The van der Waals surface area contributed by atoms with Crippen LogP contribution in [0.5, 0.6) is 0 Å². The zero-order chi connectivity index (χ0) is 9.19. The fourth-order valence-corrected chi connectivity index (χ4v) is 0.979. The minimum atomic E-state index is -0.866. The van der Waals surface area contributed by atoms with Crippen molar-refractivity contribution in [1.82, 2.24) is 5.32 Å². The number of nitrogens with one attached hydrogen (secondary N) is 1. The fraction of sp³-hybridized carbons (Fsp3) is 0.667. The molecule has 0 radical (unpaired) electrons. The van der Waals surface area contributed by atoms with Gasteiger partial charge in [-0.2, -0.15) is 0 Å². The van der Waals surface area contributed by atoms with Gasteiger partial charge in [0, 0.05) is 18.2 Å². The second kappa shape index (κ2) is 3.27. The summed E-state index contributed by atoms with van der Waals surface area (Å²) in [5, 5.41) is 11.7. The van der Waals surface area contributed by atoms with Crippen molar-refractivity contribution in [1.29, 1.82) is 0 Å². The van der Waals surface area contributed by atoms with Crippen LogP contribution in [0.1, 0.15) is 26.7 Å². The van der Waals surface area contributed by atoms with E-state index in [9.17, 15) is 4.79 Å². The Balaban J connectivity index is 2.26. The summed E-state index contributed by atoms with van der Waals surface area (Å²) >= 11 is 0. The second-order valence-electron chi connectivity index (χ2n) is 3.74. The van der Waals surface area contributed by atoms with Crippen molar-refractivity contribution in [2.75, 3.05) is 6.54 Å². The van der Waals surface area contributed by atoms with Crippen molar-refractivity contribution in [3.05, 3.63) is 11.6 Å². The van der Waals surface area contributed by atoms with Crippen LogP contribution in [-0.4, -0.2) is 23.2 Å². The Morgan fingerprint density at radius 1 is 1.67 bits per heavy atom. The van der Waals surface area contributed by atoms with Crippen molar-refractivity contribution in [2.45, 2.75) is 32.2 Å². The Bertz CT molecular complexity index is 217. The molecule has 0 atom stereocenters. The van der Waals surface area contributed by atoms with Crippen LogP contribution in [0.15, 0.2) is 11.6 Å². The van der Waals surface area contributed by atoms with Gasteiger partial charge in [0.1, 0.15) is 0 Å². The van der Waals surface area contributed by atoms with Gasteiger partial charge in [0.05, 0.1) is 0 Å². The molecule has 12 heavy (non-hydrogen) atoms. The molecular formula is C9H15NO2. The molecular weight excluding hydrogens is 154 g/mol. The molecule has 2 N–H and O–H groups in total. The zero-order valence-electron chi connectivity index (χ0n) is 7.55. The van der Waals surface area contributed by atoms with E-state index in [0.29, 0.717) is 6.54 Å². The van der Waals surface area contributed by atoms with E-state index < -0.39 is 5.97 Å². The highest BCUT2D eigenvalue weighted by Crippen LogP contribution is 2.34. The Hall–Kier alpha value is -0.830. The first-order valence-corrected chi connectivity index (χ1v) is 4.17. The number of rotatable bonds is 4. The lowest BCUT2D eigenvalue weighted by molar-refractivity contribution is -0.131. The van der Waals surface area contributed by atoms with E-state index >= 15 is 0 Å². The van der Waals surface area contributed by atoms with E-state index in [4.69, 9.17) is 5.11 Å². The van der Waals surface area contributed by atoms with Crippen LogP contribution < -0.4 is 5.32 Å². The fourth-order valence-electron chi connectivity index (χ4n) is 0.979. The second-order valence-corrected chi connectivity index (χ2v) is 3.74. The van der Waals surface area contributed by atoms with Gasteiger partial charge in [-0.05, 0) is 26.7 Å². The Morgan fingerprint density at radius 3 is 2.67 bits per heavy atom. The van der Waals surface area contributed by atoms with E-state index in [1.54, 1.807) is 0 Å². The van der Waals surface area contributed by atoms with Crippen LogP contribution in [0.2, 0.25) is 0 Å². The quantitative estimate of drug-likeness (QED) is 0.621. The van der Waals surface area contributed by atoms with Crippen molar-refractivity contribution in [3.8, 4) is 0 Å². The summed E-state index contributed by atoms with van der Waals surface area (Å²) in [6, 6.07) is 0. The van der Waals surface area contributed by atoms with E-state index in [-0.39, 0.29) is 5.54 Å². The molecule has 1 aliphatic carbocycles. The standard InChI is InChI=1S/C9H15NO2/c1-7(5-8(11)12)6-10-9(2)3-4-9/h5,10H,3-4,6H2,1-2H3,(H,11,12). The predicted molar refractivity (Wildman–Crippen MR) is 47.0 cm³/mol. The van der Waals surface area contributed by atoms with Crippen molar-refractivity contribution in [2.24, 2.45) is 0 Å². The minimum Gasteiger partial charge on any atom is -0.478 e. The van der Waals surface area contributed by atoms with Crippen molar-refractivity contribution >= 4 is 5.97 Å². The summed E-state index contributed by atoms with van der Waals surface area (Å²) in [6.07, 6.45) is 3.65. The lowest BCUT2D eigenvalue weighted by Crippen LogP contribution is -2.29. The molecule has 0 aromatic rings. The van der Waals surface area contributed by atoms with Gasteiger partial charge >= 0.3 is 5.97 Å². The van der Waals surface area contributed by atoms with Crippen LogP contribution in [0.4, 0.5) is 0 Å².